The maximum atomic E-state index is 12.2. The van der Waals surface area contributed by atoms with Gasteiger partial charge in [-0.15, -0.1) is 0 Å². The van der Waals surface area contributed by atoms with Crippen LogP contribution in [0.15, 0.2) is 21.7 Å². The zero-order valence-electron chi connectivity index (χ0n) is 10.0. The molecule has 0 aromatic carbocycles. The van der Waals surface area contributed by atoms with Crippen LogP contribution < -0.4 is 5.56 Å². The normalized spacial score (nSPS) is 15.6. The average Bonchev–Trinajstić information content (AvgIpc) is 2.58. The largest absolute Gasteiger partial charge is 0.480 e. The Kier molecular flexibility index (Phi) is 2.93. The van der Waals surface area contributed by atoms with Gasteiger partial charge in [-0.2, -0.15) is 5.10 Å². The Balaban J connectivity index is 2.18. The van der Waals surface area contributed by atoms with E-state index in [1.54, 1.807) is 4.52 Å². The first kappa shape index (κ1) is 12.4. The zero-order valence-corrected chi connectivity index (χ0v) is 11.6. The molecule has 0 unspecified atom stereocenters. The number of aliphatic carboxylic acids is 1. The molecule has 19 heavy (non-hydrogen) atoms. The van der Waals surface area contributed by atoms with Crippen molar-refractivity contribution in [1.29, 1.82) is 0 Å². The first-order valence-corrected chi connectivity index (χ1v) is 6.85. The summed E-state index contributed by atoms with van der Waals surface area (Å²) in [6, 6.07) is 1.92. The second-order valence-electron chi connectivity index (χ2n) is 4.76. The fourth-order valence-corrected chi connectivity index (χ4v) is 2.93. The van der Waals surface area contributed by atoms with Crippen LogP contribution in [-0.4, -0.2) is 25.3 Å². The summed E-state index contributed by atoms with van der Waals surface area (Å²) < 4.78 is 3.41. The van der Waals surface area contributed by atoms with Crippen LogP contribution in [0.4, 0.5) is 0 Å². The number of hydrogen-bond donors (Lipinski definition) is 1. The van der Waals surface area contributed by atoms with E-state index in [-0.39, 0.29) is 12.1 Å². The van der Waals surface area contributed by atoms with Gasteiger partial charge < -0.3 is 5.11 Å². The van der Waals surface area contributed by atoms with E-state index in [1.807, 2.05) is 6.07 Å². The smallest absolute Gasteiger partial charge is 0.323 e. The van der Waals surface area contributed by atoms with E-state index in [9.17, 15) is 9.59 Å². The third kappa shape index (κ3) is 1.98. The first-order valence-electron chi connectivity index (χ1n) is 6.06. The molecule has 1 N–H and O–H groups in total. The predicted octanol–water partition coefficient (Wildman–Crippen LogP) is 1.61. The van der Waals surface area contributed by atoms with Gasteiger partial charge in [-0.25, -0.2) is 4.52 Å². The summed E-state index contributed by atoms with van der Waals surface area (Å²) >= 11 is 3.37. The SMILES string of the molecule is O=C(O)Cn1cnn2c(C3CCC3)cc(Br)c2c1=O. The van der Waals surface area contributed by atoms with Crippen molar-refractivity contribution in [2.45, 2.75) is 31.7 Å². The Hall–Kier alpha value is -1.63. The summed E-state index contributed by atoms with van der Waals surface area (Å²) in [5, 5.41) is 13.0. The maximum absolute atomic E-state index is 12.2. The zero-order chi connectivity index (χ0) is 13.6. The van der Waals surface area contributed by atoms with Crippen molar-refractivity contribution < 1.29 is 9.90 Å². The van der Waals surface area contributed by atoms with Crippen molar-refractivity contribution in [1.82, 2.24) is 14.2 Å². The van der Waals surface area contributed by atoms with Crippen LogP contribution in [0.25, 0.3) is 5.52 Å². The standard InChI is InChI=1S/C12H12BrN3O3/c13-8-4-9(7-2-1-3-7)16-11(8)12(19)15(6-14-16)5-10(17)18/h4,6-7H,1-3,5H2,(H,17,18). The van der Waals surface area contributed by atoms with Gasteiger partial charge in [0.25, 0.3) is 5.56 Å². The van der Waals surface area contributed by atoms with Gasteiger partial charge in [-0.1, -0.05) is 6.42 Å². The highest BCUT2D eigenvalue weighted by atomic mass is 79.9. The number of halogens is 1. The lowest BCUT2D eigenvalue weighted by atomic mass is 9.83. The maximum Gasteiger partial charge on any atom is 0.323 e. The number of hydrogen-bond acceptors (Lipinski definition) is 3. The number of aromatic nitrogens is 3. The molecule has 0 bridgehead atoms. The highest BCUT2D eigenvalue weighted by Crippen LogP contribution is 2.38. The lowest BCUT2D eigenvalue weighted by Crippen LogP contribution is -2.27. The summed E-state index contributed by atoms with van der Waals surface area (Å²) in [5.41, 5.74) is 1.09. The van der Waals surface area contributed by atoms with E-state index in [4.69, 9.17) is 5.11 Å². The average molecular weight is 326 g/mol. The van der Waals surface area contributed by atoms with E-state index in [0.29, 0.717) is 15.9 Å². The number of carboxylic acid groups (broad SMARTS) is 1. The van der Waals surface area contributed by atoms with E-state index in [1.165, 1.54) is 12.7 Å². The van der Waals surface area contributed by atoms with Crippen LogP contribution in [0.1, 0.15) is 30.9 Å². The van der Waals surface area contributed by atoms with Gasteiger partial charge in [0, 0.05) is 11.6 Å². The van der Waals surface area contributed by atoms with Gasteiger partial charge in [0.2, 0.25) is 0 Å². The highest BCUT2D eigenvalue weighted by molar-refractivity contribution is 9.10. The second kappa shape index (κ2) is 4.48. The third-order valence-corrected chi connectivity index (χ3v) is 4.16. The minimum Gasteiger partial charge on any atom is -0.480 e. The number of nitrogens with zero attached hydrogens (tertiary/aromatic N) is 3. The molecule has 100 valence electrons. The van der Waals surface area contributed by atoms with Gasteiger partial charge in [0.05, 0.1) is 4.47 Å². The molecule has 6 nitrogen and oxygen atoms in total. The molecule has 0 atom stereocenters. The van der Waals surface area contributed by atoms with Crippen LogP contribution >= 0.6 is 15.9 Å². The van der Waals surface area contributed by atoms with Gasteiger partial charge in [0.15, 0.2) is 0 Å². The monoisotopic (exact) mass is 325 g/mol. The number of rotatable bonds is 3. The molecule has 0 aliphatic heterocycles. The van der Waals surface area contributed by atoms with E-state index < -0.39 is 5.97 Å². The quantitative estimate of drug-likeness (QED) is 0.930. The van der Waals surface area contributed by atoms with Crippen LogP contribution in [0.3, 0.4) is 0 Å². The van der Waals surface area contributed by atoms with Crippen molar-refractivity contribution in [3.05, 3.63) is 32.9 Å². The molecule has 0 spiro atoms. The molecule has 3 rings (SSSR count). The Morgan fingerprint density at radius 1 is 1.53 bits per heavy atom. The van der Waals surface area contributed by atoms with Crippen molar-refractivity contribution in [2.24, 2.45) is 0 Å². The Bertz CT molecular complexity index is 715. The van der Waals surface area contributed by atoms with Gasteiger partial charge in [-0.3, -0.25) is 14.2 Å². The second-order valence-corrected chi connectivity index (χ2v) is 5.62. The highest BCUT2D eigenvalue weighted by Gasteiger charge is 2.25. The summed E-state index contributed by atoms with van der Waals surface area (Å²) in [4.78, 5) is 22.9. The van der Waals surface area contributed by atoms with Gasteiger partial charge >= 0.3 is 5.97 Å². The Labute approximate surface area is 116 Å². The molecule has 0 saturated heterocycles. The summed E-state index contributed by atoms with van der Waals surface area (Å²) in [6.07, 6.45) is 4.71. The van der Waals surface area contributed by atoms with Crippen LogP contribution in [0.2, 0.25) is 0 Å². The minimum atomic E-state index is -1.06. The van der Waals surface area contributed by atoms with E-state index in [0.717, 1.165) is 23.1 Å². The predicted molar refractivity (Wildman–Crippen MR) is 71.4 cm³/mol. The van der Waals surface area contributed by atoms with E-state index >= 15 is 0 Å². The van der Waals surface area contributed by atoms with Crippen molar-refractivity contribution in [3.8, 4) is 0 Å². The molecule has 1 fully saturated rings. The summed E-state index contributed by atoms with van der Waals surface area (Å²) in [6.45, 7) is -0.376. The molecule has 1 aliphatic rings. The van der Waals surface area contributed by atoms with Crippen LogP contribution in [-0.2, 0) is 11.3 Å². The first-order chi connectivity index (χ1) is 9.08. The minimum absolute atomic E-state index is 0.338. The van der Waals surface area contributed by atoms with Crippen molar-refractivity contribution in [3.63, 3.8) is 0 Å². The fourth-order valence-electron chi connectivity index (χ4n) is 2.36. The molecule has 2 aromatic heterocycles. The van der Waals surface area contributed by atoms with Crippen molar-refractivity contribution in [2.75, 3.05) is 0 Å². The van der Waals surface area contributed by atoms with Crippen LogP contribution in [0.5, 0.6) is 0 Å². The summed E-state index contributed by atoms with van der Waals surface area (Å²) in [7, 11) is 0. The number of fused-ring (bicyclic) bond motifs is 1. The molecular formula is C12H12BrN3O3. The third-order valence-electron chi connectivity index (χ3n) is 3.56. The number of carboxylic acids is 1. The van der Waals surface area contributed by atoms with Gasteiger partial charge in [-0.05, 0) is 34.8 Å². The lowest BCUT2D eigenvalue weighted by molar-refractivity contribution is -0.137. The molecule has 7 heteroatoms. The molecule has 0 radical (unpaired) electrons. The van der Waals surface area contributed by atoms with Crippen molar-refractivity contribution >= 4 is 27.4 Å². The lowest BCUT2D eigenvalue weighted by Gasteiger charge is -2.24. The molecule has 0 amide bonds. The molecule has 2 heterocycles. The summed E-state index contributed by atoms with van der Waals surface area (Å²) in [5.74, 6) is -0.615. The molecule has 2 aromatic rings. The van der Waals surface area contributed by atoms with E-state index in [2.05, 4.69) is 21.0 Å². The molecular weight excluding hydrogens is 314 g/mol. The molecule has 1 saturated carbocycles. The Morgan fingerprint density at radius 3 is 2.84 bits per heavy atom. The Morgan fingerprint density at radius 2 is 2.26 bits per heavy atom. The molecule has 1 aliphatic carbocycles. The topological polar surface area (TPSA) is 76.6 Å². The number of carbonyl (C=O) groups is 1. The van der Waals surface area contributed by atoms with Gasteiger partial charge in [0.1, 0.15) is 18.4 Å². The van der Waals surface area contributed by atoms with Crippen LogP contribution in [0, 0.1) is 0 Å². The fraction of sp³-hybridized carbons (Fsp3) is 0.417.